The van der Waals surface area contributed by atoms with Crippen molar-refractivity contribution in [1.82, 2.24) is 4.90 Å². The second kappa shape index (κ2) is 5.24. The van der Waals surface area contributed by atoms with E-state index >= 15 is 0 Å². The van der Waals surface area contributed by atoms with Gasteiger partial charge in [0.05, 0.1) is 5.75 Å². The van der Waals surface area contributed by atoms with Gasteiger partial charge in [-0.1, -0.05) is 0 Å². The van der Waals surface area contributed by atoms with Crippen molar-refractivity contribution in [3.05, 3.63) is 0 Å². The lowest BCUT2D eigenvalue weighted by atomic mass is 10.1. The lowest BCUT2D eigenvalue weighted by Gasteiger charge is -2.15. The van der Waals surface area contributed by atoms with E-state index in [0.29, 0.717) is 12.3 Å². The van der Waals surface area contributed by atoms with Crippen molar-refractivity contribution in [3.8, 4) is 0 Å². The van der Waals surface area contributed by atoms with Crippen LogP contribution >= 0.6 is 11.8 Å². The fourth-order valence-electron chi connectivity index (χ4n) is 1.69. The monoisotopic (exact) mass is 217 g/mol. The molecular weight excluding hydrogens is 202 g/mol. The number of hydrogen-bond donors (Lipinski definition) is 1. The SMILES string of the molecule is CSCC(=O)N1CCC(CC(=O)O)C1. The largest absolute Gasteiger partial charge is 0.481 e. The molecule has 0 aromatic carbocycles. The molecule has 0 aromatic rings. The molecule has 80 valence electrons. The van der Waals surface area contributed by atoms with Crippen molar-refractivity contribution in [3.63, 3.8) is 0 Å². The van der Waals surface area contributed by atoms with Crippen LogP contribution in [0.15, 0.2) is 0 Å². The first-order valence-corrected chi connectivity index (χ1v) is 6.01. The van der Waals surface area contributed by atoms with Gasteiger partial charge in [-0.3, -0.25) is 9.59 Å². The van der Waals surface area contributed by atoms with Crippen LogP contribution in [0, 0.1) is 5.92 Å². The molecule has 1 fully saturated rings. The first kappa shape index (κ1) is 11.4. The second-order valence-electron chi connectivity index (χ2n) is 3.53. The fourth-order valence-corrected chi connectivity index (χ4v) is 2.12. The summed E-state index contributed by atoms with van der Waals surface area (Å²) in [7, 11) is 0. The van der Waals surface area contributed by atoms with Crippen molar-refractivity contribution >= 4 is 23.6 Å². The van der Waals surface area contributed by atoms with E-state index in [4.69, 9.17) is 5.11 Å². The average Bonchev–Trinajstić information content (AvgIpc) is 2.52. The molecule has 1 saturated heterocycles. The summed E-state index contributed by atoms with van der Waals surface area (Å²) < 4.78 is 0. The maximum atomic E-state index is 11.4. The van der Waals surface area contributed by atoms with E-state index in [-0.39, 0.29) is 18.2 Å². The molecular formula is C9H15NO3S. The molecule has 1 N–H and O–H groups in total. The molecule has 1 amide bonds. The third-order valence-electron chi connectivity index (χ3n) is 2.37. The predicted octanol–water partition coefficient (Wildman–Crippen LogP) is 0.673. The van der Waals surface area contributed by atoms with E-state index < -0.39 is 5.97 Å². The highest BCUT2D eigenvalue weighted by atomic mass is 32.2. The number of amides is 1. The summed E-state index contributed by atoms with van der Waals surface area (Å²) in [6.45, 7) is 1.34. The van der Waals surface area contributed by atoms with Gasteiger partial charge in [0.15, 0.2) is 0 Å². The zero-order valence-electron chi connectivity index (χ0n) is 8.23. The van der Waals surface area contributed by atoms with Crippen LogP contribution in [0.25, 0.3) is 0 Å². The molecule has 1 rings (SSSR count). The first-order valence-electron chi connectivity index (χ1n) is 4.62. The van der Waals surface area contributed by atoms with Crippen molar-refractivity contribution in [2.24, 2.45) is 5.92 Å². The molecule has 0 aromatic heterocycles. The molecule has 0 bridgehead atoms. The minimum Gasteiger partial charge on any atom is -0.481 e. The lowest BCUT2D eigenvalue weighted by molar-refractivity contribution is -0.138. The summed E-state index contributed by atoms with van der Waals surface area (Å²) in [4.78, 5) is 23.7. The summed E-state index contributed by atoms with van der Waals surface area (Å²) >= 11 is 1.50. The summed E-state index contributed by atoms with van der Waals surface area (Å²) in [5.74, 6) is 0.0117. The molecule has 1 atom stereocenters. The van der Waals surface area contributed by atoms with Gasteiger partial charge >= 0.3 is 5.97 Å². The molecule has 0 saturated carbocycles. The Morgan fingerprint density at radius 1 is 1.57 bits per heavy atom. The lowest BCUT2D eigenvalue weighted by Crippen LogP contribution is -2.30. The van der Waals surface area contributed by atoms with E-state index in [1.165, 1.54) is 11.8 Å². The number of carbonyl (C=O) groups is 2. The molecule has 1 heterocycles. The van der Waals surface area contributed by atoms with Crippen LogP contribution in [0.3, 0.4) is 0 Å². The minimum atomic E-state index is -0.769. The van der Waals surface area contributed by atoms with Gasteiger partial charge in [-0.25, -0.2) is 0 Å². The van der Waals surface area contributed by atoms with Crippen LogP contribution in [-0.2, 0) is 9.59 Å². The van der Waals surface area contributed by atoms with Crippen molar-refractivity contribution in [2.45, 2.75) is 12.8 Å². The highest BCUT2D eigenvalue weighted by molar-refractivity contribution is 7.99. The standard InChI is InChI=1S/C9H15NO3S/c1-14-6-8(11)10-3-2-7(5-10)4-9(12)13/h7H,2-6H2,1H3,(H,12,13). The summed E-state index contributed by atoms with van der Waals surface area (Å²) in [6.07, 6.45) is 2.90. The van der Waals surface area contributed by atoms with E-state index in [9.17, 15) is 9.59 Å². The summed E-state index contributed by atoms with van der Waals surface area (Å²) in [5.41, 5.74) is 0. The number of carbonyl (C=O) groups excluding carboxylic acids is 1. The van der Waals surface area contributed by atoms with Crippen LogP contribution in [-0.4, -0.2) is 47.0 Å². The van der Waals surface area contributed by atoms with Crippen molar-refractivity contribution in [1.29, 1.82) is 0 Å². The molecule has 0 radical (unpaired) electrons. The van der Waals surface area contributed by atoms with Crippen molar-refractivity contribution < 1.29 is 14.7 Å². The summed E-state index contributed by atoms with van der Waals surface area (Å²) in [5, 5.41) is 8.59. The third kappa shape index (κ3) is 3.21. The van der Waals surface area contributed by atoms with Gasteiger partial charge in [0.1, 0.15) is 0 Å². The third-order valence-corrected chi connectivity index (χ3v) is 2.91. The van der Waals surface area contributed by atoms with Crippen LogP contribution in [0.5, 0.6) is 0 Å². The first-order chi connectivity index (χ1) is 6.63. The highest BCUT2D eigenvalue weighted by Crippen LogP contribution is 2.19. The number of nitrogens with zero attached hydrogens (tertiary/aromatic N) is 1. The zero-order chi connectivity index (χ0) is 10.6. The number of rotatable bonds is 4. The Kier molecular flexibility index (Phi) is 4.25. The van der Waals surface area contributed by atoms with Crippen LogP contribution in [0.4, 0.5) is 0 Å². The number of carboxylic acid groups (broad SMARTS) is 1. The highest BCUT2D eigenvalue weighted by Gasteiger charge is 2.27. The number of thioether (sulfide) groups is 1. The zero-order valence-corrected chi connectivity index (χ0v) is 9.05. The Balaban J connectivity index is 2.33. The van der Waals surface area contributed by atoms with Gasteiger partial charge < -0.3 is 10.0 Å². The second-order valence-corrected chi connectivity index (χ2v) is 4.39. The number of aliphatic carboxylic acids is 1. The fraction of sp³-hybridized carbons (Fsp3) is 0.778. The van der Waals surface area contributed by atoms with E-state index in [1.807, 2.05) is 6.26 Å². The van der Waals surface area contributed by atoms with E-state index in [0.717, 1.165) is 13.0 Å². The molecule has 1 aliphatic heterocycles. The number of hydrogen-bond acceptors (Lipinski definition) is 3. The topological polar surface area (TPSA) is 57.6 Å². The maximum Gasteiger partial charge on any atom is 0.303 e. The molecule has 1 aliphatic rings. The van der Waals surface area contributed by atoms with Crippen LogP contribution in [0.2, 0.25) is 0 Å². The van der Waals surface area contributed by atoms with Crippen molar-refractivity contribution in [2.75, 3.05) is 25.1 Å². The Morgan fingerprint density at radius 3 is 2.86 bits per heavy atom. The molecule has 5 heteroatoms. The quantitative estimate of drug-likeness (QED) is 0.752. The Labute approximate surface area is 87.7 Å². The summed E-state index contributed by atoms with van der Waals surface area (Å²) in [6, 6.07) is 0. The van der Waals surface area contributed by atoms with Gasteiger partial charge in [-0.15, -0.1) is 0 Å². The smallest absolute Gasteiger partial charge is 0.303 e. The van der Waals surface area contributed by atoms with Gasteiger partial charge in [-0.05, 0) is 18.6 Å². The normalized spacial score (nSPS) is 21.2. The van der Waals surface area contributed by atoms with E-state index in [1.54, 1.807) is 4.90 Å². The predicted molar refractivity (Wildman–Crippen MR) is 55.3 cm³/mol. The minimum absolute atomic E-state index is 0.130. The van der Waals surface area contributed by atoms with Gasteiger partial charge in [-0.2, -0.15) is 11.8 Å². The number of likely N-dealkylation sites (tertiary alicyclic amines) is 1. The Bertz CT molecular complexity index is 232. The molecule has 0 spiro atoms. The van der Waals surface area contributed by atoms with Gasteiger partial charge in [0.2, 0.25) is 5.91 Å². The Morgan fingerprint density at radius 2 is 2.29 bits per heavy atom. The average molecular weight is 217 g/mol. The van der Waals surface area contributed by atoms with Crippen LogP contribution < -0.4 is 0 Å². The number of carboxylic acids is 1. The Hall–Kier alpha value is -0.710. The molecule has 4 nitrogen and oxygen atoms in total. The van der Waals surface area contributed by atoms with Crippen LogP contribution in [0.1, 0.15) is 12.8 Å². The van der Waals surface area contributed by atoms with Gasteiger partial charge in [0.25, 0.3) is 0 Å². The van der Waals surface area contributed by atoms with E-state index in [2.05, 4.69) is 0 Å². The molecule has 0 aliphatic carbocycles. The molecule has 14 heavy (non-hydrogen) atoms. The maximum absolute atomic E-state index is 11.4. The van der Waals surface area contributed by atoms with Gasteiger partial charge in [0, 0.05) is 19.5 Å². The molecule has 1 unspecified atom stereocenters.